The van der Waals surface area contributed by atoms with Crippen LogP contribution in [-0.2, 0) is 6.42 Å². The molecule has 0 spiro atoms. The lowest BCUT2D eigenvalue weighted by Gasteiger charge is -2.30. The molecular weight excluding hydrogens is 336 g/mol. The number of unbranched alkanes of at least 4 members (excludes halogenated alkanes) is 2. The zero-order valence-electron chi connectivity index (χ0n) is 16.5. The van der Waals surface area contributed by atoms with E-state index in [-0.39, 0.29) is 12.0 Å². The fraction of sp³-hybridized carbons (Fsp3) is 0.609. The summed E-state index contributed by atoms with van der Waals surface area (Å²) < 4.78 is 6.51. The summed E-state index contributed by atoms with van der Waals surface area (Å²) in [4.78, 5) is 6.80. The molecule has 1 aliphatic carbocycles. The average Bonchev–Trinajstić information content (AvgIpc) is 3.49. The van der Waals surface area contributed by atoms with Crippen molar-refractivity contribution in [2.24, 2.45) is 5.92 Å². The van der Waals surface area contributed by atoms with Gasteiger partial charge >= 0.3 is 0 Å². The van der Waals surface area contributed by atoms with Crippen molar-refractivity contribution in [3.05, 3.63) is 29.8 Å². The van der Waals surface area contributed by atoms with Crippen LogP contribution in [0.1, 0.15) is 56.9 Å². The van der Waals surface area contributed by atoms with Crippen LogP contribution >= 0.6 is 0 Å². The molecule has 146 valence electrons. The third-order valence-electron chi connectivity index (χ3n) is 6.11. The minimum Gasteiger partial charge on any atom is -0.493 e. The van der Waals surface area contributed by atoms with Crippen LogP contribution in [0, 0.1) is 5.92 Å². The molecule has 1 aromatic carbocycles. The number of aromatic hydroxyl groups is 1. The van der Waals surface area contributed by atoms with Gasteiger partial charge in [-0.15, -0.1) is 0 Å². The Morgan fingerprint density at radius 2 is 1.85 bits per heavy atom. The Bertz CT molecular complexity index is 764. The lowest BCUT2D eigenvalue weighted by atomic mass is 10.0. The summed E-state index contributed by atoms with van der Waals surface area (Å²) in [5, 5.41) is 11.6. The first-order chi connectivity index (χ1) is 13.2. The fourth-order valence-corrected chi connectivity index (χ4v) is 4.16. The molecule has 4 nitrogen and oxygen atoms in total. The van der Waals surface area contributed by atoms with Crippen LogP contribution < -0.4 is 4.74 Å². The quantitative estimate of drug-likeness (QED) is 0.671. The summed E-state index contributed by atoms with van der Waals surface area (Å²) in [5.74, 6) is 2.03. The first kappa shape index (κ1) is 18.5. The molecule has 1 saturated heterocycles. The predicted octanol–water partition coefficient (Wildman–Crippen LogP) is 4.93. The van der Waals surface area contributed by atoms with Crippen LogP contribution in [0.2, 0.25) is 0 Å². The largest absolute Gasteiger partial charge is 0.493 e. The molecule has 1 aliphatic heterocycles. The van der Waals surface area contributed by atoms with Gasteiger partial charge in [-0.1, -0.05) is 44.2 Å². The summed E-state index contributed by atoms with van der Waals surface area (Å²) in [6.07, 6.45) is 11.0. The van der Waals surface area contributed by atoms with Crippen LogP contribution in [0.5, 0.6) is 11.6 Å². The zero-order chi connectivity index (χ0) is 18.6. The van der Waals surface area contributed by atoms with Gasteiger partial charge in [0, 0.05) is 18.5 Å². The van der Waals surface area contributed by atoms with E-state index in [0.29, 0.717) is 0 Å². The van der Waals surface area contributed by atoms with E-state index >= 15 is 0 Å². The van der Waals surface area contributed by atoms with Crippen molar-refractivity contribution in [2.75, 3.05) is 20.1 Å². The summed E-state index contributed by atoms with van der Waals surface area (Å²) >= 11 is 0. The number of likely N-dealkylation sites (tertiary alicyclic amines) is 1. The highest BCUT2D eigenvalue weighted by Gasteiger charge is 2.23. The van der Waals surface area contributed by atoms with E-state index in [2.05, 4.69) is 23.0 Å². The van der Waals surface area contributed by atoms with Crippen molar-refractivity contribution in [3.8, 4) is 11.6 Å². The molecule has 0 amide bonds. The maximum absolute atomic E-state index is 10.6. The first-order valence-electron chi connectivity index (χ1n) is 10.7. The molecule has 0 unspecified atom stereocenters. The number of aromatic nitrogens is 1. The minimum atomic E-state index is 0.152. The highest BCUT2D eigenvalue weighted by Crippen LogP contribution is 2.37. The fourth-order valence-electron chi connectivity index (χ4n) is 4.16. The molecule has 4 rings (SSSR count). The van der Waals surface area contributed by atoms with Gasteiger partial charge in [0.1, 0.15) is 11.9 Å². The molecule has 1 aromatic heterocycles. The van der Waals surface area contributed by atoms with Crippen molar-refractivity contribution >= 4 is 10.9 Å². The van der Waals surface area contributed by atoms with Crippen molar-refractivity contribution in [3.63, 3.8) is 0 Å². The Hall–Kier alpha value is -1.81. The second-order valence-electron chi connectivity index (χ2n) is 8.42. The number of pyridine rings is 1. The first-order valence-corrected chi connectivity index (χ1v) is 10.7. The van der Waals surface area contributed by atoms with Gasteiger partial charge < -0.3 is 14.7 Å². The van der Waals surface area contributed by atoms with E-state index in [9.17, 15) is 5.11 Å². The summed E-state index contributed by atoms with van der Waals surface area (Å²) in [7, 11) is 2.16. The standard InChI is InChI=1S/C23H32N2O2/c1-25-15-13-18(14-16-25)27-22-19-8-5-6-10-21(19)24-23(26)20(22)9-4-2-3-7-17-11-12-17/h5-6,8,10,17-18H,2-4,7,9,11-16H2,1H3,(H,24,26). The summed E-state index contributed by atoms with van der Waals surface area (Å²) in [6, 6.07) is 8.02. The summed E-state index contributed by atoms with van der Waals surface area (Å²) in [6.45, 7) is 2.13. The molecular formula is C23H32N2O2. The molecule has 1 saturated carbocycles. The molecule has 0 bridgehead atoms. The van der Waals surface area contributed by atoms with Gasteiger partial charge in [-0.25, -0.2) is 4.98 Å². The van der Waals surface area contributed by atoms with Gasteiger partial charge in [-0.3, -0.25) is 0 Å². The van der Waals surface area contributed by atoms with Gasteiger partial charge in [0.2, 0.25) is 5.88 Å². The van der Waals surface area contributed by atoms with Crippen LogP contribution in [0.25, 0.3) is 10.9 Å². The SMILES string of the molecule is CN1CCC(Oc2c(CCCCCC3CC3)c(O)nc3ccccc23)CC1. The third-order valence-corrected chi connectivity index (χ3v) is 6.11. The monoisotopic (exact) mass is 368 g/mol. The highest BCUT2D eigenvalue weighted by atomic mass is 16.5. The number of para-hydroxylation sites is 1. The molecule has 2 heterocycles. The molecule has 2 fully saturated rings. The molecule has 2 aromatic rings. The Kier molecular flexibility index (Phi) is 5.82. The number of rotatable bonds is 8. The van der Waals surface area contributed by atoms with Gasteiger partial charge in [0.15, 0.2) is 0 Å². The molecule has 1 N–H and O–H groups in total. The summed E-state index contributed by atoms with van der Waals surface area (Å²) in [5.41, 5.74) is 1.72. The van der Waals surface area contributed by atoms with E-state index in [1.165, 1.54) is 32.1 Å². The second kappa shape index (κ2) is 8.47. The van der Waals surface area contributed by atoms with E-state index in [1.54, 1.807) is 0 Å². The number of ether oxygens (including phenoxy) is 1. The van der Waals surface area contributed by atoms with Crippen LogP contribution in [0.4, 0.5) is 0 Å². The van der Waals surface area contributed by atoms with E-state index in [0.717, 1.165) is 66.9 Å². The number of fused-ring (bicyclic) bond motifs is 1. The Balaban J connectivity index is 1.51. The average molecular weight is 369 g/mol. The van der Waals surface area contributed by atoms with Crippen molar-refractivity contribution in [2.45, 2.75) is 63.9 Å². The third kappa shape index (κ3) is 4.73. The number of hydrogen-bond donors (Lipinski definition) is 1. The number of piperidine rings is 1. The van der Waals surface area contributed by atoms with Crippen LogP contribution in [0.15, 0.2) is 24.3 Å². The second-order valence-corrected chi connectivity index (χ2v) is 8.42. The molecule has 0 radical (unpaired) electrons. The van der Waals surface area contributed by atoms with E-state index < -0.39 is 0 Å². The predicted molar refractivity (Wildman–Crippen MR) is 109 cm³/mol. The van der Waals surface area contributed by atoms with E-state index in [1.807, 2.05) is 18.2 Å². The number of benzene rings is 1. The van der Waals surface area contributed by atoms with Crippen molar-refractivity contribution < 1.29 is 9.84 Å². The van der Waals surface area contributed by atoms with Gasteiger partial charge in [0.05, 0.1) is 11.1 Å². The Morgan fingerprint density at radius 3 is 2.63 bits per heavy atom. The van der Waals surface area contributed by atoms with Gasteiger partial charge in [-0.2, -0.15) is 0 Å². The van der Waals surface area contributed by atoms with Gasteiger partial charge in [-0.05, 0) is 50.8 Å². The molecule has 0 atom stereocenters. The van der Waals surface area contributed by atoms with Gasteiger partial charge in [0.25, 0.3) is 0 Å². The van der Waals surface area contributed by atoms with Crippen molar-refractivity contribution in [1.82, 2.24) is 9.88 Å². The van der Waals surface area contributed by atoms with Crippen molar-refractivity contribution in [1.29, 1.82) is 0 Å². The number of hydrogen-bond acceptors (Lipinski definition) is 4. The van der Waals surface area contributed by atoms with Crippen LogP contribution in [0.3, 0.4) is 0 Å². The molecule has 4 heteroatoms. The Labute approximate surface area is 162 Å². The lowest BCUT2D eigenvalue weighted by molar-refractivity contribution is 0.114. The normalized spacial score (nSPS) is 18.9. The van der Waals surface area contributed by atoms with E-state index in [4.69, 9.17) is 4.74 Å². The smallest absolute Gasteiger partial charge is 0.218 e. The maximum atomic E-state index is 10.6. The van der Waals surface area contributed by atoms with Crippen LogP contribution in [-0.4, -0.2) is 41.2 Å². The Morgan fingerprint density at radius 1 is 1.07 bits per heavy atom. The number of nitrogens with zero attached hydrogens (tertiary/aromatic N) is 2. The zero-order valence-corrected chi connectivity index (χ0v) is 16.5. The lowest BCUT2D eigenvalue weighted by Crippen LogP contribution is -2.35. The minimum absolute atomic E-state index is 0.152. The molecule has 27 heavy (non-hydrogen) atoms. The molecule has 2 aliphatic rings. The maximum Gasteiger partial charge on any atom is 0.218 e. The highest BCUT2D eigenvalue weighted by molar-refractivity contribution is 5.87. The topological polar surface area (TPSA) is 45.6 Å².